The van der Waals surface area contributed by atoms with Gasteiger partial charge in [0.1, 0.15) is 0 Å². The van der Waals surface area contributed by atoms with Crippen molar-refractivity contribution in [3.63, 3.8) is 0 Å². The van der Waals surface area contributed by atoms with Crippen LogP contribution in [0.2, 0.25) is 0 Å². The molecule has 29 heavy (non-hydrogen) atoms. The van der Waals surface area contributed by atoms with Crippen LogP contribution in [0.3, 0.4) is 0 Å². The summed E-state index contributed by atoms with van der Waals surface area (Å²) in [5.41, 5.74) is 1.32. The van der Waals surface area contributed by atoms with Crippen molar-refractivity contribution in [2.45, 2.75) is 13.8 Å². The summed E-state index contributed by atoms with van der Waals surface area (Å²) in [5.74, 6) is -1.00. The summed E-state index contributed by atoms with van der Waals surface area (Å²) >= 11 is 0. The normalized spacial score (nSPS) is 10.0. The Morgan fingerprint density at radius 2 is 1.55 bits per heavy atom. The molecule has 2 aromatic carbocycles. The van der Waals surface area contributed by atoms with E-state index >= 15 is 0 Å². The van der Waals surface area contributed by atoms with Crippen LogP contribution in [0.25, 0.3) is 0 Å². The Hall–Kier alpha value is -3.68. The number of hydrogen-bond donors (Lipinski definition) is 1. The fourth-order valence-corrected chi connectivity index (χ4v) is 2.34. The number of carbonyl (C=O) groups is 4. The van der Waals surface area contributed by atoms with Crippen molar-refractivity contribution in [2.24, 2.45) is 0 Å². The third kappa shape index (κ3) is 6.46. The lowest BCUT2D eigenvalue weighted by Gasteiger charge is -2.11. The number of Topliss-reactive ketones (excluding diaryl/α,β-unsaturated/α-hetero) is 2. The van der Waals surface area contributed by atoms with Gasteiger partial charge in [-0.1, -0.05) is 12.1 Å². The highest BCUT2D eigenvalue weighted by molar-refractivity contribution is 5.97. The van der Waals surface area contributed by atoms with Crippen LogP contribution in [0.15, 0.2) is 42.5 Å². The first-order valence-electron chi connectivity index (χ1n) is 8.68. The zero-order valence-electron chi connectivity index (χ0n) is 16.3. The van der Waals surface area contributed by atoms with E-state index in [9.17, 15) is 19.2 Å². The third-order valence-electron chi connectivity index (χ3n) is 3.83. The first kappa shape index (κ1) is 21.6. The SMILES string of the molecule is COc1cc(C(C)=O)ccc1OCC(=O)OCC(=O)Nc1cccc(C(C)=O)c1. The Balaban J connectivity index is 1.84. The molecule has 2 rings (SSSR count). The molecule has 0 atom stereocenters. The summed E-state index contributed by atoms with van der Waals surface area (Å²) in [6.07, 6.45) is 0. The van der Waals surface area contributed by atoms with E-state index in [1.807, 2.05) is 0 Å². The van der Waals surface area contributed by atoms with Crippen molar-refractivity contribution in [3.8, 4) is 11.5 Å². The van der Waals surface area contributed by atoms with E-state index in [1.54, 1.807) is 24.3 Å². The van der Waals surface area contributed by atoms with Gasteiger partial charge in [0, 0.05) is 16.8 Å². The number of amides is 1. The minimum absolute atomic E-state index is 0.128. The van der Waals surface area contributed by atoms with Gasteiger partial charge in [-0.25, -0.2) is 4.79 Å². The first-order chi connectivity index (χ1) is 13.8. The average Bonchev–Trinajstić information content (AvgIpc) is 2.70. The average molecular weight is 399 g/mol. The molecule has 0 aliphatic carbocycles. The molecule has 8 heteroatoms. The summed E-state index contributed by atoms with van der Waals surface area (Å²) in [4.78, 5) is 46.5. The Bertz CT molecular complexity index is 936. The van der Waals surface area contributed by atoms with Gasteiger partial charge in [0.2, 0.25) is 0 Å². The number of hydrogen-bond acceptors (Lipinski definition) is 7. The van der Waals surface area contributed by atoms with Crippen molar-refractivity contribution in [2.75, 3.05) is 25.6 Å². The maximum absolute atomic E-state index is 11.9. The largest absolute Gasteiger partial charge is 0.493 e. The van der Waals surface area contributed by atoms with Crippen LogP contribution < -0.4 is 14.8 Å². The predicted molar refractivity (Wildman–Crippen MR) is 105 cm³/mol. The molecule has 0 fully saturated rings. The summed E-state index contributed by atoms with van der Waals surface area (Å²) in [5, 5.41) is 2.54. The Labute approximate surface area is 167 Å². The number of benzene rings is 2. The summed E-state index contributed by atoms with van der Waals surface area (Å²) in [6, 6.07) is 11.0. The number of nitrogens with one attached hydrogen (secondary N) is 1. The van der Waals surface area contributed by atoms with Crippen LogP contribution in [-0.2, 0) is 14.3 Å². The molecule has 0 saturated carbocycles. The molecule has 0 bridgehead atoms. The highest BCUT2D eigenvalue weighted by Crippen LogP contribution is 2.28. The van der Waals surface area contributed by atoms with E-state index in [0.717, 1.165) is 0 Å². The van der Waals surface area contributed by atoms with Gasteiger partial charge < -0.3 is 19.5 Å². The molecule has 0 radical (unpaired) electrons. The molecule has 152 valence electrons. The quantitative estimate of drug-likeness (QED) is 0.510. The van der Waals surface area contributed by atoms with E-state index in [4.69, 9.17) is 14.2 Å². The highest BCUT2D eigenvalue weighted by Gasteiger charge is 2.13. The van der Waals surface area contributed by atoms with E-state index in [1.165, 1.54) is 39.2 Å². The molecule has 0 saturated heterocycles. The maximum Gasteiger partial charge on any atom is 0.344 e. The van der Waals surface area contributed by atoms with Crippen molar-refractivity contribution in [1.29, 1.82) is 0 Å². The minimum atomic E-state index is -0.754. The summed E-state index contributed by atoms with van der Waals surface area (Å²) in [7, 11) is 1.41. The maximum atomic E-state index is 11.9. The van der Waals surface area contributed by atoms with Gasteiger partial charge in [-0.3, -0.25) is 14.4 Å². The molecule has 1 N–H and O–H groups in total. The summed E-state index contributed by atoms with van der Waals surface area (Å²) < 4.78 is 15.4. The van der Waals surface area contributed by atoms with Gasteiger partial charge in [0.15, 0.2) is 36.3 Å². The molecule has 0 aromatic heterocycles. The second-order valence-electron chi connectivity index (χ2n) is 6.06. The van der Waals surface area contributed by atoms with Gasteiger partial charge in [-0.15, -0.1) is 0 Å². The van der Waals surface area contributed by atoms with Crippen LogP contribution in [0.4, 0.5) is 5.69 Å². The van der Waals surface area contributed by atoms with Crippen LogP contribution >= 0.6 is 0 Å². The van der Waals surface area contributed by atoms with E-state index in [2.05, 4.69) is 5.32 Å². The molecule has 0 heterocycles. The monoisotopic (exact) mass is 399 g/mol. The number of esters is 1. The smallest absolute Gasteiger partial charge is 0.344 e. The van der Waals surface area contributed by atoms with Gasteiger partial charge >= 0.3 is 5.97 Å². The zero-order chi connectivity index (χ0) is 21.4. The van der Waals surface area contributed by atoms with Crippen LogP contribution in [0.1, 0.15) is 34.6 Å². The fourth-order valence-electron chi connectivity index (χ4n) is 2.34. The number of carbonyl (C=O) groups excluding carboxylic acids is 4. The molecule has 2 aromatic rings. The van der Waals surface area contributed by atoms with E-state index < -0.39 is 25.1 Å². The molecule has 0 aliphatic heterocycles. The number of ether oxygens (including phenoxy) is 3. The molecule has 0 aliphatic rings. The number of anilines is 1. The molecular formula is C21H21NO7. The van der Waals surface area contributed by atoms with E-state index in [0.29, 0.717) is 22.6 Å². The lowest BCUT2D eigenvalue weighted by molar-refractivity contribution is -0.149. The van der Waals surface area contributed by atoms with Crippen LogP contribution in [0, 0.1) is 0 Å². The van der Waals surface area contributed by atoms with Gasteiger partial charge in [0.25, 0.3) is 5.91 Å². The fraction of sp³-hybridized carbons (Fsp3) is 0.238. The van der Waals surface area contributed by atoms with Crippen LogP contribution in [0.5, 0.6) is 11.5 Å². The first-order valence-corrected chi connectivity index (χ1v) is 8.68. The second-order valence-corrected chi connectivity index (χ2v) is 6.06. The molecule has 0 spiro atoms. The highest BCUT2D eigenvalue weighted by atomic mass is 16.6. The Kier molecular flexibility index (Phi) is 7.47. The topological polar surface area (TPSA) is 108 Å². The Morgan fingerprint density at radius 3 is 2.21 bits per heavy atom. The minimum Gasteiger partial charge on any atom is -0.493 e. The van der Waals surface area contributed by atoms with Gasteiger partial charge in [-0.05, 0) is 44.2 Å². The van der Waals surface area contributed by atoms with Crippen molar-refractivity contribution < 1.29 is 33.4 Å². The predicted octanol–water partition coefficient (Wildman–Crippen LogP) is 2.66. The van der Waals surface area contributed by atoms with Gasteiger partial charge in [0.05, 0.1) is 7.11 Å². The molecule has 0 unspecified atom stereocenters. The zero-order valence-corrected chi connectivity index (χ0v) is 16.3. The molecule has 8 nitrogen and oxygen atoms in total. The molecule has 1 amide bonds. The second kappa shape index (κ2) is 10.0. The van der Waals surface area contributed by atoms with Crippen molar-refractivity contribution >= 4 is 29.1 Å². The Morgan fingerprint density at radius 1 is 0.862 bits per heavy atom. The summed E-state index contributed by atoms with van der Waals surface area (Å²) in [6.45, 7) is 1.90. The number of ketones is 2. The van der Waals surface area contributed by atoms with Crippen molar-refractivity contribution in [1.82, 2.24) is 0 Å². The number of rotatable bonds is 9. The third-order valence-corrected chi connectivity index (χ3v) is 3.83. The van der Waals surface area contributed by atoms with Crippen molar-refractivity contribution in [3.05, 3.63) is 53.6 Å². The lowest BCUT2D eigenvalue weighted by atomic mass is 10.1. The lowest BCUT2D eigenvalue weighted by Crippen LogP contribution is -2.23. The number of methoxy groups -OCH3 is 1. The van der Waals surface area contributed by atoms with Gasteiger partial charge in [-0.2, -0.15) is 0 Å². The standard InChI is InChI=1S/C21H21NO7/c1-13(23)15-5-4-6-17(9-15)22-20(25)11-29-21(26)12-28-18-8-7-16(14(2)24)10-19(18)27-3/h4-10H,11-12H2,1-3H3,(H,22,25). The molecular weight excluding hydrogens is 378 g/mol. The van der Waals surface area contributed by atoms with Crippen LogP contribution in [-0.4, -0.2) is 43.8 Å². The van der Waals surface area contributed by atoms with E-state index in [-0.39, 0.29) is 17.3 Å².